The minimum Gasteiger partial charge on any atom is -0.490 e. The van der Waals surface area contributed by atoms with Crippen molar-refractivity contribution in [1.29, 1.82) is 0 Å². The Kier molecular flexibility index (Phi) is 5.05. The standard InChI is InChI=1S/C23H26N2O5/c1-14(2)11-25-17-10-16(6-8-18(17)28-12-23(3,4)22(25)27)24-21(26)15-5-7-19-20(9-15)30-13-29-19/h5-10,14H,11-13H2,1-4H3,(H,24,26). The van der Waals surface area contributed by atoms with Gasteiger partial charge in [-0.25, -0.2) is 0 Å². The fraction of sp³-hybridized carbons (Fsp3) is 0.391. The van der Waals surface area contributed by atoms with Crippen molar-refractivity contribution < 1.29 is 23.8 Å². The van der Waals surface area contributed by atoms with Crippen LogP contribution in [0.4, 0.5) is 11.4 Å². The number of fused-ring (bicyclic) bond motifs is 2. The minimum absolute atomic E-state index is 0.00852. The van der Waals surface area contributed by atoms with Crippen LogP contribution in [0.15, 0.2) is 36.4 Å². The van der Waals surface area contributed by atoms with Gasteiger partial charge < -0.3 is 24.4 Å². The zero-order chi connectivity index (χ0) is 21.5. The van der Waals surface area contributed by atoms with Gasteiger partial charge in [0, 0.05) is 17.8 Å². The number of anilines is 2. The summed E-state index contributed by atoms with van der Waals surface area (Å²) in [6, 6.07) is 10.4. The van der Waals surface area contributed by atoms with Gasteiger partial charge in [0.1, 0.15) is 12.4 Å². The van der Waals surface area contributed by atoms with Gasteiger partial charge in [-0.1, -0.05) is 13.8 Å². The Morgan fingerprint density at radius 3 is 2.57 bits per heavy atom. The summed E-state index contributed by atoms with van der Waals surface area (Å²) in [6.07, 6.45) is 0. The van der Waals surface area contributed by atoms with Crippen LogP contribution in [-0.4, -0.2) is 31.8 Å². The molecule has 158 valence electrons. The van der Waals surface area contributed by atoms with Crippen molar-refractivity contribution in [3.63, 3.8) is 0 Å². The number of nitrogens with zero attached hydrogens (tertiary/aromatic N) is 1. The van der Waals surface area contributed by atoms with Crippen LogP contribution in [0.25, 0.3) is 0 Å². The van der Waals surface area contributed by atoms with E-state index in [4.69, 9.17) is 14.2 Å². The summed E-state index contributed by atoms with van der Waals surface area (Å²) in [5, 5.41) is 2.90. The van der Waals surface area contributed by atoms with Crippen molar-refractivity contribution in [3.05, 3.63) is 42.0 Å². The summed E-state index contributed by atoms with van der Waals surface area (Å²) in [4.78, 5) is 27.7. The Hall–Kier alpha value is -3.22. The summed E-state index contributed by atoms with van der Waals surface area (Å²) in [6.45, 7) is 8.93. The molecular formula is C23H26N2O5. The molecule has 2 aliphatic heterocycles. The van der Waals surface area contributed by atoms with E-state index >= 15 is 0 Å². The lowest BCUT2D eigenvalue weighted by Crippen LogP contribution is -2.43. The maximum Gasteiger partial charge on any atom is 0.255 e. The summed E-state index contributed by atoms with van der Waals surface area (Å²) >= 11 is 0. The molecule has 0 radical (unpaired) electrons. The molecule has 0 fully saturated rings. The summed E-state index contributed by atoms with van der Waals surface area (Å²) in [5.41, 5.74) is 1.08. The van der Waals surface area contributed by atoms with E-state index in [1.807, 2.05) is 13.8 Å². The number of hydrogen-bond acceptors (Lipinski definition) is 5. The van der Waals surface area contributed by atoms with E-state index in [2.05, 4.69) is 19.2 Å². The quantitative estimate of drug-likeness (QED) is 0.822. The average molecular weight is 410 g/mol. The molecule has 1 N–H and O–H groups in total. The highest BCUT2D eigenvalue weighted by atomic mass is 16.7. The van der Waals surface area contributed by atoms with Gasteiger partial charge in [-0.3, -0.25) is 9.59 Å². The Bertz CT molecular complexity index is 999. The second-order valence-corrected chi connectivity index (χ2v) is 8.69. The molecule has 0 spiro atoms. The van der Waals surface area contributed by atoms with Gasteiger partial charge >= 0.3 is 0 Å². The number of amides is 2. The average Bonchev–Trinajstić information content (AvgIpc) is 3.15. The van der Waals surface area contributed by atoms with Crippen LogP contribution in [0.3, 0.4) is 0 Å². The normalized spacial score (nSPS) is 16.7. The van der Waals surface area contributed by atoms with Crippen LogP contribution in [0.2, 0.25) is 0 Å². The van der Waals surface area contributed by atoms with E-state index < -0.39 is 5.41 Å². The first-order valence-corrected chi connectivity index (χ1v) is 10.0. The number of benzene rings is 2. The zero-order valence-electron chi connectivity index (χ0n) is 17.7. The smallest absolute Gasteiger partial charge is 0.255 e. The molecule has 0 atom stereocenters. The van der Waals surface area contributed by atoms with Crippen molar-refractivity contribution in [2.24, 2.45) is 11.3 Å². The van der Waals surface area contributed by atoms with Crippen molar-refractivity contribution in [2.45, 2.75) is 27.7 Å². The molecule has 0 saturated carbocycles. The fourth-order valence-corrected chi connectivity index (χ4v) is 3.51. The summed E-state index contributed by atoms with van der Waals surface area (Å²) in [7, 11) is 0. The van der Waals surface area contributed by atoms with E-state index in [0.29, 0.717) is 47.3 Å². The van der Waals surface area contributed by atoms with Crippen LogP contribution >= 0.6 is 0 Å². The van der Waals surface area contributed by atoms with E-state index in [0.717, 1.165) is 0 Å². The highest BCUT2D eigenvalue weighted by Crippen LogP contribution is 2.39. The molecule has 0 unspecified atom stereocenters. The Morgan fingerprint density at radius 1 is 1.07 bits per heavy atom. The lowest BCUT2D eigenvalue weighted by molar-refractivity contribution is -0.127. The van der Waals surface area contributed by atoms with E-state index in [9.17, 15) is 9.59 Å². The van der Waals surface area contributed by atoms with Gasteiger partial charge in [-0.15, -0.1) is 0 Å². The highest BCUT2D eigenvalue weighted by molar-refractivity contribution is 6.06. The largest absolute Gasteiger partial charge is 0.490 e. The highest BCUT2D eigenvalue weighted by Gasteiger charge is 2.38. The first kappa shape index (κ1) is 20.1. The lowest BCUT2D eigenvalue weighted by atomic mass is 9.92. The van der Waals surface area contributed by atoms with Gasteiger partial charge in [-0.2, -0.15) is 0 Å². The van der Waals surface area contributed by atoms with Gasteiger partial charge in [-0.05, 0) is 56.2 Å². The van der Waals surface area contributed by atoms with Crippen molar-refractivity contribution in [1.82, 2.24) is 0 Å². The minimum atomic E-state index is -0.635. The maximum atomic E-state index is 13.2. The molecule has 0 bridgehead atoms. The van der Waals surface area contributed by atoms with Gasteiger partial charge in [0.2, 0.25) is 12.7 Å². The van der Waals surface area contributed by atoms with E-state index in [1.165, 1.54) is 0 Å². The van der Waals surface area contributed by atoms with E-state index in [-0.39, 0.29) is 24.5 Å². The number of carbonyl (C=O) groups is 2. The molecular weight excluding hydrogens is 384 g/mol. The third kappa shape index (κ3) is 3.79. The number of ether oxygens (including phenoxy) is 3. The maximum absolute atomic E-state index is 13.2. The monoisotopic (exact) mass is 410 g/mol. The number of nitrogens with one attached hydrogen (secondary N) is 1. The lowest BCUT2D eigenvalue weighted by Gasteiger charge is -2.29. The number of rotatable bonds is 4. The zero-order valence-corrected chi connectivity index (χ0v) is 17.7. The molecule has 7 heteroatoms. The molecule has 30 heavy (non-hydrogen) atoms. The molecule has 2 aliphatic rings. The molecule has 2 aromatic carbocycles. The van der Waals surface area contributed by atoms with Gasteiger partial charge in [0.25, 0.3) is 5.91 Å². The van der Waals surface area contributed by atoms with Crippen LogP contribution < -0.4 is 24.4 Å². The van der Waals surface area contributed by atoms with Gasteiger partial charge in [0.15, 0.2) is 11.5 Å². The van der Waals surface area contributed by atoms with Crippen LogP contribution in [0.1, 0.15) is 38.1 Å². The molecule has 0 saturated heterocycles. The SMILES string of the molecule is CC(C)CN1C(=O)C(C)(C)COc2ccc(NC(=O)c3ccc4c(c3)OCO4)cc21. The molecule has 4 rings (SSSR count). The van der Waals surface area contributed by atoms with Crippen molar-refractivity contribution >= 4 is 23.2 Å². The third-order valence-electron chi connectivity index (χ3n) is 5.10. The molecule has 2 amide bonds. The summed E-state index contributed by atoms with van der Waals surface area (Å²) in [5.74, 6) is 1.82. The summed E-state index contributed by atoms with van der Waals surface area (Å²) < 4.78 is 16.6. The Morgan fingerprint density at radius 2 is 1.80 bits per heavy atom. The predicted octanol–water partition coefficient (Wildman–Crippen LogP) is 4.08. The van der Waals surface area contributed by atoms with E-state index in [1.54, 1.807) is 41.3 Å². The first-order valence-electron chi connectivity index (χ1n) is 10.0. The van der Waals surface area contributed by atoms with Crippen molar-refractivity contribution in [2.75, 3.05) is 30.2 Å². The van der Waals surface area contributed by atoms with Crippen molar-refractivity contribution in [3.8, 4) is 17.2 Å². The van der Waals surface area contributed by atoms with Crippen LogP contribution in [0, 0.1) is 11.3 Å². The molecule has 0 aliphatic carbocycles. The second kappa shape index (κ2) is 7.55. The first-order chi connectivity index (χ1) is 14.2. The third-order valence-corrected chi connectivity index (χ3v) is 5.10. The molecule has 7 nitrogen and oxygen atoms in total. The Balaban J connectivity index is 1.62. The fourth-order valence-electron chi connectivity index (χ4n) is 3.51. The molecule has 0 aromatic heterocycles. The predicted molar refractivity (Wildman–Crippen MR) is 113 cm³/mol. The topological polar surface area (TPSA) is 77.1 Å². The van der Waals surface area contributed by atoms with Crippen LogP contribution in [-0.2, 0) is 4.79 Å². The molecule has 2 heterocycles. The number of hydrogen-bond donors (Lipinski definition) is 1. The number of carbonyl (C=O) groups excluding carboxylic acids is 2. The van der Waals surface area contributed by atoms with Crippen LogP contribution in [0.5, 0.6) is 17.2 Å². The second-order valence-electron chi connectivity index (χ2n) is 8.69. The molecule has 2 aromatic rings. The van der Waals surface area contributed by atoms with Gasteiger partial charge in [0.05, 0.1) is 11.1 Å². The Labute approximate surface area is 175 Å².